The lowest BCUT2D eigenvalue weighted by Crippen LogP contribution is -2.52. The van der Waals surface area contributed by atoms with E-state index < -0.39 is 17.6 Å². The van der Waals surface area contributed by atoms with E-state index in [9.17, 15) is 9.59 Å². The normalized spacial score (nSPS) is 12.6. The summed E-state index contributed by atoms with van der Waals surface area (Å²) in [6, 6.07) is 18.6. The molecule has 2 rings (SSSR count). The van der Waals surface area contributed by atoms with Crippen molar-refractivity contribution < 1.29 is 19.1 Å². The third-order valence-corrected chi connectivity index (χ3v) is 4.73. The maximum atomic E-state index is 12.8. The van der Waals surface area contributed by atoms with Gasteiger partial charge in [-0.05, 0) is 17.5 Å². The second-order valence-electron chi connectivity index (χ2n) is 6.76. The molecule has 0 aromatic heterocycles. The zero-order valence-corrected chi connectivity index (χ0v) is 16.6. The average molecular weight is 383 g/mol. The zero-order valence-electron chi connectivity index (χ0n) is 16.6. The van der Waals surface area contributed by atoms with Gasteiger partial charge in [0.2, 0.25) is 0 Å². The highest BCUT2D eigenvalue weighted by Crippen LogP contribution is 2.30. The minimum absolute atomic E-state index is 0.133. The van der Waals surface area contributed by atoms with Gasteiger partial charge in [0.25, 0.3) is 0 Å². The lowest BCUT2D eigenvalue weighted by Gasteiger charge is -2.32. The molecule has 2 aromatic carbocycles. The second kappa shape index (κ2) is 11.1. The number of ether oxygens (including phenoxy) is 2. The van der Waals surface area contributed by atoms with E-state index in [1.165, 1.54) is 7.11 Å². The van der Waals surface area contributed by atoms with Crippen LogP contribution in [0.25, 0.3) is 0 Å². The largest absolute Gasteiger partial charge is 0.467 e. The van der Waals surface area contributed by atoms with E-state index in [1.54, 1.807) is 0 Å². The van der Waals surface area contributed by atoms with Crippen molar-refractivity contribution in [2.45, 2.75) is 51.2 Å². The molecule has 5 heteroatoms. The molecule has 1 amide bonds. The highest BCUT2D eigenvalue weighted by atomic mass is 16.6. The number of rotatable bonds is 10. The first-order chi connectivity index (χ1) is 13.6. The maximum Gasteiger partial charge on any atom is 0.408 e. The van der Waals surface area contributed by atoms with E-state index in [4.69, 9.17) is 9.47 Å². The smallest absolute Gasteiger partial charge is 0.408 e. The monoisotopic (exact) mass is 383 g/mol. The molecule has 0 bridgehead atoms. The summed E-state index contributed by atoms with van der Waals surface area (Å²) in [5.41, 5.74) is 0.302. The van der Waals surface area contributed by atoms with Gasteiger partial charge in [-0.25, -0.2) is 9.59 Å². The van der Waals surface area contributed by atoms with Crippen LogP contribution in [0.4, 0.5) is 4.79 Å². The van der Waals surface area contributed by atoms with Crippen LogP contribution in [0.5, 0.6) is 0 Å². The average Bonchev–Trinajstić information content (AvgIpc) is 2.75. The van der Waals surface area contributed by atoms with Gasteiger partial charge in [-0.3, -0.25) is 0 Å². The van der Waals surface area contributed by atoms with Crippen LogP contribution in [0.3, 0.4) is 0 Å². The molecule has 0 unspecified atom stereocenters. The SMILES string of the molecule is CCCCCC[C@](NC(=O)OCc1ccccc1)(C(=O)OC)c1ccccc1. The molecule has 0 aliphatic heterocycles. The number of nitrogens with one attached hydrogen (secondary N) is 1. The van der Waals surface area contributed by atoms with Gasteiger partial charge in [-0.15, -0.1) is 0 Å². The molecule has 0 aliphatic rings. The molecule has 150 valence electrons. The van der Waals surface area contributed by atoms with Gasteiger partial charge in [0.15, 0.2) is 5.54 Å². The van der Waals surface area contributed by atoms with Gasteiger partial charge >= 0.3 is 12.1 Å². The van der Waals surface area contributed by atoms with Gasteiger partial charge < -0.3 is 14.8 Å². The first kappa shape index (κ1) is 21.5. The topological polar surface area (TPSA) is 64.6 Å². The van der Waals surface area contributed by atoms with Crippen molar-refractivity contribution >= 4 is 12.1 Å². The highest BCUT2D eigenvalue weighted by molar-refractivity contribution is 5.87. The van der Waals surface area contributed by atoms with Crippen LogP contribution in [0.2, 0.25) is 0 Å². The highest BCUT2D eigenvalue weighted by Gasteiger charge is 2.43. The number of carbonyl (C=O) groups is 2. The van der Waals surface area contributed by atoms with Gasteiger partial charge in [-0.1, -0.05) is 93.3 Å². The van der Waals surface area contributed by atoms with E-state index in [0.717, 1.165) is 31.2 Å². The van der Waals surface area contributed by atoms with Crippen LogP contribution < -0.4 is 5.32 Å². The van der Waals surface area contributed by atoms with Crippen LogP contribution in [0.1, 0.15) is 50.2 Å². The molecule has 0 aliphatic carbocycles. The van der Waals surface area contributed by atoms with E-state index in [-0.39, 0.29) is 6.61 Å². The van der Waals surface area contributed by atoms with Crippen LogP contribution >= 0.6 is 0 Å². The van der Waals surface area contributed by atoms with Crippen molar-refractivity contribution in [2.24, 2.45) is 0 Å². The Morgan fingerprint density at radius 1 is 0.929 bits per heavy atom. The molecular weight excluding hydrogens is 354 g/mol. The van der Waals surface area contributed by atoms with Gasteiger partial charge in [0, 0.05) is 0 Å². The van der Waals surface area contributed by atoms with Crippen LogP contribution in [-0.2, 0) is 26.4 Å². The Labute approximate surface area is 167 Å². The van der Waals surface area contributed by atoms with E-state index in [2.05, 4.69) is 12.2 Å². The van der Waals surface area contributed by atoms with Crippen LogP contribution in [-0.4, -0.2) is 19.2 Å². The number of esters is 1. The number of methoxy groups -OCH3 is 1. The van der Waals surface area contributed by atoms with Gasteiger partial charge in [-0.2, -0.15) is 0 Å². The van der Waals surface area contributed by atoms with Gasteiger partial charge in [0.05, 0.1) is 7.11 Å². The molecule has 0 saturated heterocycles. The summed E-state index contributed by atoms with van der Waals surface area (Å²) in [7, 11) is 1.34. The molecule has 0 radical (unpaired) electrons. The maximum absolute atomic E-state index is 12.8. The Morgan fingerprint density at radius 3 is 2.18 bits per heavy atom. The fourth-order valence-electron chi connectivity index (χ4n) is 3.20. The third-order valence-electron chi connectivity index (χ3n) is 4.73. The summed E-state index contributed by atoms with van der Waals surface area (Å²) in [5.74, 6) is -0.494. The Kier molecular flexibility index (Phi) is 8.53. The lowest BCUT2D eigenvalue weighted by atomic mass is 9.84. The summed E-state index contributed by atoms with van der Waals surface area (Å²) in [6.07, 6.45) is 3.73. The van der Waals surface area contributed by atoms with E-state index in [1.807, 2.05) is 60.7 Å². The van der Waals surface area contributed by atoms with E-state index >= 15 is 0 Å². The lowest BCUT2D eigenvalue weighted by molar-refractivity contribution is -0.149. The zero-order chi connectivity index (χ0) is 20.2. The standard InChI is InChI=1S/C23H29NO4/c1-3-4-5-12-17-23(21(25)27-2,20-15-10-7-11-16-20)24-22(26)28-18-19-13-8-6-9-14-19/h6-11,13-16H,3-5,12,17-18H2,1-2H3,(H,24,26)/t23-/m1/s1. The molecule has 0 saturated carbocycles. The molecule has 0 heterocycles. The predicted octanol–water partition coefficient (Wildman–Crippen LogP) is 4.95. The fraction of sp³-hybridized carbons (Fsp3) is 0.391. The number of unbranched alkanes of at least 4 members (excludes halogenated alkanes) is 3. The number of carbonyl (C=O) groups excluding carboxylic acids is 2. The third kappa shape index (κ3) is 5.84. The van der Waals surface area contributed by atoms with Crippen molar-refractivity contribution in [3.63, 3.8) is 0 Å². The van der Waals surface area contributed by atoms with Crippen molar-refractivity contribution in [3.05, 3.63) is 71.8 Å². The number of amides is 1. The fourth-order valence-corrected chi connectivity index (χ4v) is 3.20. The molecule has 2 aromatic rings. The number of benzene rings is 2. The Morgan fingerprint density at radius 2 is 1.57 bits per heavy atom. The first-order valence-corrected chi connectivity index (χ1v) is 9.75. The summed E-state index contributed by atoms with van der Waals surface area (Å²) < 4.78 is 10.5. The summed E-state index contributed by atoms with van der Waals surface area (Å²) in [4.78, 5) is 25.4. The summed E-state index contributed by atoms with van der Waals surface area (Å²) >= 11 is 0. The summed E-state index contributed by atoms with van der Waals surface area (Å²) in [5, 5.41) is 2.81. The quantitative estimate of drug-likeness (QED) is 0.466. The number of alkyl carbamates (subject to hydrolysis) is 1. The van der Waals surface area contributed by atoms with Gasteiger partial charge in [0.1, 0.15) is 6.61 Å². The van der Waals surface area contributed by atoms with Crippen molar-refractivity contribution in [2.75, 3.05) is 7.11 Å². The van der Waals surface area contributed by atoms with Crippen LogP contribution in [0, 0.1) is 0 Å². The molecule has 0 spiro atoms. The summed E-state index contributed by atoms with van der Waals surface area (Å²) in [6.45, 7) is 2.26. The Hall–Kier alpha value is -2.82. The first-order valence-electron chi connectivity index (χ1n) is 9.75. The molecule has 1 N–H and O–H groups in total. The molecule has 5 nitrogen and oxygen atoms in total. The molecule has 0 fully saturated rings. The van der Waals surface area contributed by atoms with Crippen LogP contribution in [0.15, 0.2) is 60.7 Å². The van der Waals surface area contributed by atoms with Crippen molar-refractivity contribution in [3.8, 4) is 0 Å². The Bertz CT molecular complexity index is 733. The molecule has 1 atom stereocenters. The second-order valence-corrected chi connectivity index (χ2v) is 6.76. The van der Waals surface area contributed by atoms with E-state index in [0.29, 0.717) is 12.0 Å². The predicted molar refractivity (Wildman–Crippen MR) is 109 cm³/mol. The number of hydrogen-bond donors (Lipinski definition) is 1. The molecular formula is C23H29NO4. The minimum Gasteiger partial charge on any atom is -0.467 e. The Balaban J connectivity index is 2.19. The van der Waals surface area contributed by atoms with Crippen molar-refractivity contribution in [1.29, 1.82) is 0 Å². The molecule has 28 heavy (non-hydrogen) atoms. The number of hydrogen-bond acceptors (Lipinski definition) is 4. The van der Waals surface area contributed by atoms with Crippen molar-refractivity contribution in [1.82, 2.24) is 5.32 Å². The minimum atomic E-state index is -1.27.